The Balaban J connectivity index is 1.61. The average molecular weight is 392 g/mol. The Morgan fingerprint density at radius 2 is 2.00 bits per heavy atom. The van der Waals surface area contributed by atoms with E-state index in [4.69, 9.17) is 9.15 Å². The number of ether oxygens (including phenoxy) is 1. The largest absolute Gasteiger partial charge is 0.451 e. The number of sulfone groups is 1. The first-order chi connectivity index (χ1) is 12.8. The lowest BCUT2D eigenvalue weighted by molar-refractivity contribution is -0.134. The number of esters is 1. The highest BCUT2D eigenvalue weighted by Gasteiger charge is 2.33. The number of aryl methyl sites for hydroxylation is 1. The maximum atomic E-state index is 12.3. The molecule has 1 aliphatic heterocycles. The number of nitrogens with zero attached hydrogens (tertiary/aromatic N) is 2. The molecule has 1 aromatic carbocycles. The minimum atomic E-state index is -3.10. The molecule has 1 atom stereocenters. The monoisotopic (exact) mass is 392 g/mol. The normalized spacial score (nSPS) is 18.2. The van der Waals surface area contributed by atoms with Gasteiger partial charge in [0, 0.05) is 18.7 Å². The second-order valence-electron chi connectivity index (χ2n) is 6.43. The van der Waals surface area contributed by atoms with Gasteiger partial charge in [0.2, 0.25) is 5.89 Å². The van der Waals surface area contributed by atoms with Gasteiger partial charge in [-0.25, -0.2) is 18.2 Å². The molecule has 27 heavy (non-hydrogen) atoms. The van der Waals surface area contributed by atoms with E-state index in [2.05, 4.69) is 4.98 Å². The summed E-state index contributed by atoms with van der Waals surface area (Å²) >= 11 is 0. The molecule has 1 aliphatic rings. The topological polar surface area (TPSA) is 107 Å². The zero-order chi connectivity index (χ0) is 19.6. The second kappa shape index (κ2) is 7.51. The smallest absolute Gasteiger partial charge is 0.361 e. The molecule has 9 heteroatoms. The summed E-state index contributed by atoms with van der Waals surface area (Å²) < 4.78 is 33.6. The molecule has 0 aliphatic carbocycles. The third kappa shape index (κ3) is 4.36. The Bertz CT molecular complexity index is 951. The molecule has 8 nitrogen and oxygen atoms in total. The number of benzene rings is 1. The number of hydrogen-bond acceptors (Lipinski definition) is 7. The third-order valence-electron chi connectivity index (χ3n) is 4.49. The Morgan fingerprint density at radius 3 is 2.63 bits per heavy atom. The fourth-order valence-corrected chi connectivity index (χ4v) is 4.65. The number of rotatable bonds is 5. The maximum Gasteiger partial charge on any atom is 0.361 e. The van der Waals surface area contributed by atoms with Crippen molar-refractivity contribution >= 4 is 21.7 Å². The van der Waals surface area contributed by atoms with Crippen LogP contribution in [0.25, 0.3) is 11.5 Å². The number of oxazole rings is 1. The first-order valence-corrected chi connectivity index (χ1v) is 10.2. The number of hydrogen-bond donors (Lipinski definition) is 0. The van der Waals surface area contributed by atoms with Gasteiger partial charge in [0.1, 0.15) is 5.76 Å². The summed E-state index contributed by atoms with van der Waals surface area (Å²) in [6, 6.07) is 8.71. The van der Waals surface area contributed by atoms with Crippen molar-refractivity contribution in [3.05, 3.63) is 41.8 Å². The van der Waals surface area contributed by atoms with Gasteiger partial charge in [0.15, 0.2) is 22.1 Å². The zero-order valence-corrected chi connectivity index (χ0v) is 15.9. The third-order valence-corrected chi connectivity index (χ3v) is 6.24. The number of amides is 1. The Morgan fingerprint density at radius 1 is 1.30 bits per heavy atom. The van der Waals surface area contributed by atoms with Crippen molar-refractivity contribution < 1.29 is 27.2 Å². The van der Waals surface area contributed by atoms with Gasteiger partial charge in [0.25, 0.3) is 5.91 Å². The lowest BCUT2D eigenvalue weighted by Crippen LogP contribution is -2.40. The van der Waals surface area contributed by atoms with Crippen LogP contribution >= 0.6 is 0 Å². The molecule has 1 saturated heterocycles. The van der Waals surface area contributed by atoms with E-state index >= 15 is 0 Å². The van der Waals surface area contributed by atoms with Gasteiger partial charge in [-0.3, -0.25) is 4.79 Å². The van der Waals surface area contributed by atoms with Crippen molar-refractivity contribution in [1.29, 1.82) is 0 Å². The molecule has 1 amide bonds. The van der Waals surface area contributed by atoms with E-state index in [-0.39, 0.29) is 23.2 Å². The first kappa shape index (κ1) is 19.1. The molecule has 3 rings (SSSR count). The number of aromatic nitrogens is 1. The van der Waals surface area contributed by atoms with E-state index in [1.165, 1.54) is 11.9 Å². The number of carbonyl (C=O) groups is 2. The highest BCUT2D eigenvalue weighted by atomic mass is 32.2. The van der Waals surface area contributed by atoms with Crippen LogP contribution in [-0.4, -0.2) is 61.4 Å². The quantitative estimate of drug-likeness (QED) is 0.709. The molecule has 2 heterocycles. The Hall–Kier alpha value is -2.68. The van der Waals surface area contributed by atoms with Crippen LogP contribution in [0.3, 0.4) is 0 Å². The van der Waals surface area contributed by atoms with Crippen LogP contribution in [-0.2, 0) is 19.4 Å². The standard InChI is InChI=1S/C18H20N2O6S/c1-12-16(19-17(26-12)13-6-4-3-5-7-13)18(22)25-10-15(21)20(2)14-8-9-27(23,24)11-14/h3-7,14H,8-11H2,1-2H3/t14-/m0/s1. The SMILES string of the molecule is Cc1oc(-c2ccccc2)nc1C(=O)OCC(=O)N(C)[C@H]1CCS(=O)(=O)C1. The van der Waals surface area contributed by atoms with Gasteiger partial charge in [-0.2, -0.15) is 0 Å². The van der Waals surface area contributed by atoms with Gasteiger partial charge in [-0.05, 0) is 25.5 Å². The number of carbonyl (C=O) groups excluding carboxylic acids is 2. The van der Waals surface area contributed by atoms with Crippen LogP contribution < -0.4 is 0 Å². The summed E-state index contributed by atoms with van der Waals surface area (Å²) in [6.45, 7) is 1.10. The number of likely N-dealkylation sites (N-methyl/N-ethyl adjacent to an activating group) is 1. The molecule has 0 unspecified atom stereocenters. The minimum Gasteiger partial charge on any atom is -0.451 e. The van der Waals surface area contributed by atoms with Gasteiger partial charge in [-0.15, -0.1) is 0 Å². The van der Waals surface area contributed by atoms with Crippen LogP contribution in [0.4, 0.5) is 0 Å². The van der Waals surface area contributed by atoms with Crippen LogP contribution in [0.15, 0.2) is 34.7 Å². The van der Waals surface area contributed by atoms with Crippen molar-refractivity contribution in [3.8, 4) is 11.5 Å². The Kier molecular flexibility index (Phi) is 5.31. The van der Waals surface area contributed by atoms with Crippen molar-refractivity contribution in [2.24, 2.45) is 0 Å². The van der Waals surface area contributed by atoms with E-state index in [1.54, 1.807) is 19.1 Å². The van der Waals surface area contributed by atoms with E-state index in [0.717, 1.165) is 5.56 Å². The van der Waals surface area contributed by atoms with E-state index < -0.39 is 28.3 Å². The molecule has 0 N–H and O–H groups in total. The minimum absolute atomic E-state index is 0.00718. The van der Waals surface area contributed by atoms with Crippen LogP contribution in [0.2, 0.25) is 0 Å². The highest BCUT2D eigenvalue weighted by Crippen LogP contribution is 2.22. The molecule has 1 aromatic heterocycles. The van der Waals surface area contributed by atoms with Gasteiger partial charge in [0.05, 0.1) is 11.5 Å². The molecule has 0 spiro atoms. The van der Waals surface area contributed by atoms with Crippen LogP contribution in [0, 0.1) is 6.92 Å². The van der Waals surface area contributed by atoms with Crippen molar-refractivity contribution in [2.75, 3.05) is 25.2 Å². The maximum absolute atomic E-state index is 12.3. The fourth-order valence-electron chi connectivity index (χ4n) is 2.87. The molecular weight excluding hydrogens is 372 g/mol. The summed E-state index contributed by atoms with van der Waals surface area (Å²) in [5, 5.41) is 0. The molecule has 0 saturated carbocycles. The van der Waals surface area contributed by atoms with Gasteiger partial charge < -0.3 is 14.1 Å². The molecule has 2 aromatic rings. The molecular formula is C18H20N2O6S. The first-order valence-electron chi connectivity index (χ1n) is 8.43. The van der Waals surface area contributed by atoms with Gasteiger partial charge >= 0.3 is 5.97 Å². The van der Waals surface area contributed by atoms with E-state index in [0.29, 0.717) is 18.1 Å². The molecule has 0 bridgehead atoms. The summed E-state index contributed by atoms with van der Waals surface area (Å²) in [6.07, 6.45) is 0.390. The average Bonchev–Trinajstić information content (AvgIpc) is 3.21. The molecule has 1 fully saturated rings. The van der Waals surface area contributed by atoms with E-state index in [1.807, 2.05) is 18.2 Å². The van der Waals surface area contributed by atoms with Crippen molar-refractivity contribution in [1.82, 2.24) is 9.88 Å². The Labute approximate surface area is 157 Å². The fraction of sp³-hybridized carbons (Fsp3) is 0.389. The zero-order valence-electron chi connectivity index (χ0n) is 15.0. The lowest BCUT2D eigenvalue weighted by Gasteiger charge is -2.23. The summed E-state index contributed by atoms with van der Waals surface area (Å²) in [4.78, 5) is 29.9. The molecule has 144 valence electrons. The van der Waals surface area contributed by atoms with E-state index in [9.17, 15) is 18.0 Å². The van der Waals surface area contributed by atoms with Crippen molar-refractivity contribution in [2.45, 2.75) is 19.4 Å². The van der Waals surface area contributed by atoms with Crippen LogP contribution in [0.5, 0.6) is 0 Å². The summed E-state index contributed by atoms with van der Waals surface area (Å²) in [5.74, 6) is -0.642. The summed E-state index contributed by atoms with van der Waals surface area (Å²) in [5.41, 5.74) is 0.727. The predicted octanol–water partition coefficient (Wildman–Crippen LogP) is 1.45. The van der Waals surface area contributed by atoms with Crippen molar-refractivity contribution in [3.63, 3.8) is 0 Å². The highest BCUT2D eigenvalue weighted by molar-refractivity contribution is 7.91. The second-order valence-corrected chi connectivity index (χ2v) is 8.66. The lowest BCUT2D eigenvalue weighted by atomic mass is 10.2. The van der Waals surface area contributed by atoms with Crippen LogP contribution in [0.1, 0.15) is 22.7 Å². The van der Waals surface area contributed by atoms with Gasteiger partial charge in [-0.1, -0.05) is 18.2 Å². The predicted molar refractivity (Wildman–Crippen MR) is 96.8 cm³/mol. The molecule has 0 radical (unpaired) electrons. The summed E-state index contributed by atoms with van der Waals surface area (Å²) in [7, 11) is -1.59.